The van der Waals surface area contributed by atoms with Gasteiger partial charge in [0.15, 0.2) is 0 Å². The van der Waals surface area contributed by atoms with E-state index in [9.17, 15) is 14.4 Å². The number of carbonyl (C=O) groups is 1. The largest absolute Gasteiger partial charge is 0.396 e. The Morgan fingerprint density at radius 3 is 2.52 bits per heavy atom. The van der Waals surface area contributed by atoms with Crippen LogP contribution in [0.2, 0.25) is 0 Å². The van der Waals surface area contributed by atoms with Gasteiger partial charge in [0.1, 0.15) is 0 Å². The molecule has 1 saturated heterocycles. The van der Waals surface area contributed by atoms with E-state index < -0.39 is 11.2 Å². The maximum atomic E-state index is 12.1. The van der Waals surface area contributed by atoms with Gasteiger partial charge in [0.25, 0.3) is 5.56 Å². The van der Waals surface area contributed by atoms with Gasteiger partial charge in [-0.2, -0.15) is 0 Å². The minimum atomic E-state index is -0.529. The van der Waals surface area contributed by atoms with E-state index in [-0.39, 0.29) is 18.9 Å². The van der Waals surface area contributed by atoms with Crippen molar-refractivity contribution >= 4 is 5.91 Å². The van der Waals surface area contributed by atoms with Crippen molar-refractivity contribution in [2.75, 3.05) is 19.7 Å². The molecule has 1 aromatic heterocycles. The molecule has 0 saturated carbocycles. The second kappa shape index (κ2) is 6.71. The van der Waals surface area contributed by atoms with Gasteiger partial charge in [0.05, 0.1) is 0 Å². The first-order chi connectivity index (χ1) is 10.0. The van der Waals surface area contributed by atoms with Crippen LogP contribution in [0.4, 0.5) is 0 Å². The molecule has 21 heavy (non-hydrogen) atoms. The third-order valence-electron chi connectivity index (χ3n) is 4.07. The molecule has 7 nitrogen and oxygen atoms in total. The SMILES string of the molecule is Cc1[nH]c(=O)[nH]c(=O)c1CCC(=O)N1CCC(CO)CC1. The Morgan fingerprint density at radius 1 is 1.29 bits per heavy atom. The number of piperidine rings is 1. The zero-order valence-electron chi connectivity index (χ0n) is 12.1. The third-order valence-corrected chi connectivity index (χ3v) is 4.07. The van der Waals surface area contributed by atoms with Gasteiger partial charge >= 0.3 is 5.69 Å². The van der Waals surface area contributed by atoms with Crippen molar-refractivity contribution in [2.24, 2.45) is 5.92 Å². The van der Waals surface area contributed by atoms with Crippen LogP contribution in [0, 0.1) is 12.8 Å². The van der Waals surface area contributed by atoms with Crippen molar-refractivity contribution in [2.45, 2.75) is 32.6 Å². The number of aliphatic hydroxyl groups excluding tert-OH is 1. The number of carbonyl (C=O) groups excluding carboxylic acids is 1. The Morgan fingerprint density at radius 2 is 1.95 bits per heavy atom. The van der Waals surface area contributed by atoms with E-state index in [0.29, 0.717) is 36.7 Å². The minimum Gasteiger partial charge on any atom is -0.396 e. The van der Waals surface area contributed by atoms with Gasteiger partial charge in [-0.1, -0.05) is 0 Å². The Kier molecular flexibility index (Phi) is 4.95. The van der Waals surface area contributed by atoms with Crippen molar-refractivity contribution in [3.8, 4) is 0 Å². The van der Waals surface area contributed by atoms with Crippen molar-refractivity contribution in [1.82, 2.24) is 14.9 Å². The van der Waals surface area contributed by atoms with Crippen LogP contribution >= 0.6 is 0 Å². The topological polar surface area (TPSA) is 106 Å². The second-order valence-electron chi connectivity index (χ2n) is 5.52. The Bertz CT molecular complexity index is 611. The molecule has 0 aliphatic carbocycles. The lowest BCUT2D eigenvalue weighted by Gasteiger charge is -2.31. The summed E-state index contributed by atoms with van der Waals surface area (Å²) >= 11 is 0. The lowest BCUT2D eigenvalue weighted by atomic mass is 9.97. The fraction of sp³-hybridized carbons (Fsp3) is 0.643. The molecule has 0 radical (unpaired) electrons. The molecule has 7 heteroatoms. The first kappa shape index (κ1) is 15.5. The molecule has 116 valence electrons. The molecule has 3 N–H and O–H groups in total. The summed E-state index contributed by atoms with van der Waals surface area (Å²) in [5.41, 5.74) is 0.00502. The summed E-state index contributed by atoms with van der Waals surface area (Å²) in [5, 5.41) is 9.08. The number of likely N-dealkylation sites (tertiary alicyclic amines) is 1. The molecule has 2 rings (SSSR count). The van der Waals surface area contributed by atoms with E-state index in [2.05, 4.69) is 9.97 Å². The van der Waals surface area contributed by atoms with E-state index in [4.69, 9.17) is 5.11 Å². The average Bonchev–Trinajstić information content (AvgIpc) is 2.46. The van der Waals surface area contributed by atoms with Crippen LogP contribution in [-0.4, -0.2) is 45.6 Å². The van der Waals surface area contributed by atoms with Crippen LogP contribution in [-0.2, 0) is 11.2 Å². The summed E-state index contributed by atoms with van der Waals surface area (Å²) in [6.45, 7) is 3.15. The van der Waals surface area contributed by atoms with Crippen LogP contribution in [0.3, 0.4) is 0 Å². The first-order valence-corrected chi connectivity index (χ1v) is 7.22. The number of aromatic nitrogens is 2. The van der Waals surface area contributed by atoms with Gasteiger partial charge in [-0.05, 0) is 32.1 Å². The summed E-state index contributed by atoms with van der Waals surface area (Å²) in [5.74, 6) is 0.301. The van der Waals surface area contributed by atoms with Crippen molar-refractivity contribution in [3.63, 3.8) is 0 Å². The second-order valence-corrected chi connectivity index (χ2v) is 5.52. The Hall–Kier alpha value is -1.89. The smallest absolute Gasteiger partial charge is 0.325 e. The van der Waals surface area contributed by atoms with Crippen LogP contribution in [0.1, 0.15) is 30.5 Å². The number of rotatable bonds is 4. The molecule has 0 aromatic carbocycles. The van der Waals surface area contributed by atoms with Crippen LogP contribution < -0.4 is 11.2 Å². The summed E-state index contributed by atoms with van der Waals surface area (Å²) < 4.78 is 0. The molecule has 1 amide bonds. The van der Waals surface area contributed by atoms with Crippen LogP contribution in [0.5, 0.6) is 0 Å². The predicted molar refractivity (Wildman–Crippen MR) is 77.1 cm³/mol. The number of hydrogen-bond donors (Lipinski definition) is 3. The summed E-state index contributed by atoms with van der Waals surface area (Å²) in [6.07, 6.45) is 2.21. The van der Waals surface area contributed by atoms with E-state index in [1.54, 1.807) is 11.8 Å². The van der Waals surface area contributed by atoms with Gasteiger partial charge in [-0.25, -0.2) is 4.79 Å². The van der Waals surface area contributed by atoms with E-state index in [1.807, 2.05) is 0 Å². The summed E-state index contributed by atoms with van der Waals surface area (Å²) in [4.78, 5) is 41.4. The Balaban J connectivity index is 1.93. The highest BCUT2D eigenvalue weighted by atomic mass is 16.3. The van der Waals surface area contributed by atoms with Crippen LogP contribution in [0.15, 0.2) is 9.59 Å². The number of hydrogen-bond acceptors (Lipinski definition) is 4. The molecule has 0 atom stereocenters. The normalized spacial score (nSPS) is 16.2. The molecular formula is C14H21N3O4. The van der Waals surface area contributed by atoms with E-state index in [1.165, 1.54) is 0 Å². The van der Waals surface area contributed by atoms with Gasteiger partial charge in [-0.3, -0.25) is 14.6 Å². The number of aromatic amines is 2. The average molecular weight is 295 g/mol. The molecule has 1 aromatic rings. The van der Waals surface area contributed by atoms with Gasteiger partial charge in [0.2, 0.25) is 5.91 Å². The summed E-state index contributed by atoms with van der Waals surface area (Å²) in [6, 6.07) is 0. The number of aliphatic hydroxyl groups is 1. The quantitative estimate of drug-likeness (QED) is 0.698. The monoisotopic (exact) mass is 295 g/mol. The van der Waals surface area contributed by atoms with Gasteiger partial charge in [0, 0.05) is 37.4 Å². The molecular weight excluding hydrogens is 274 g/mol. The summed E-state index contributed by atoms with van der Waals surface area (Å²) in [7, 11) is 0. The standard InChI is InChI=1S/C14H21N3O4/c1-9-11(13(20)16-14(21)15-9)2-3-12(19)17-6-4-10(8-18)5-7-17/h10,18H,2-8H2,1H3,(H2,15,16,20,21). The lowest BCUT2D eigenvalue weighted by Crippen LogP contribution is -2.39. The molecule has 0 unspecified atom stereocenters. The van der Waals surface area contributed by atoms with Crippen molar-refractivity contribution in [3.05, 3.63) is 32.1 Å². The minimum absolute atomic E-state index is 0.0105. The highest BCUT2D eigenvalue weighted by molar-refractivity contribution is 5.76. The number of H-pyrrole nitrogens is 2. The number of nitrogens with zero attached hydrogens (tertiary/aromatic N) is 1. The maximum Gasteiger partial charge on any atom is 0.325 e. The van der Waals surface area contributed by atoms with Crippen molar-refractivity contribution < 1.29 is 9.90 Å². The first-order valence-electron chi connectivity index (χ1n) is 7.22. The molecule has 2 heterocycles. The Labute approximate surface area is 122 Å². The zero-order chi connectivity index (χ0) is 15.4. The molecule has 0 spiro atoms. The van der Waals surface area contributed by atoms with Gasteiger partial charge < -0.3 is 15.0 Å². The van der Waals surface area contributed by atoms with Crippen LogP contribution in [0.25, 0.3) is 0 Å². The number of aryl methyl sites for hydroxylation is 1. The highest BCUT2D eigenvalue weighted by Gasteiger charge is 2.22. The number of amides is 1. The van der Waals surface area contributed by atoms with Gasteiger partial charge in [-0.15, -0.1) is 0 Å². The molecule has 1 aliphatic heterocycles. The third kappa shape index (κ3) is 3.81. The van der Waals surface area contributed by atoms with Crippen molar-refractivity contribution in [1.29, 1.82) is 0 Å². The predicted octanol–water partition coefficient (Wildman–Crippen LogP) is -0.465. The molecule has 1 aliphatic rings. The molecule has 0 bridgehead atoms. The number of nitrogens with one attached hydrogen (secondary N) is 2. The molecule has 1 fully saturated rings. The lowest BCUT2D eigenvalue weighted by molar-refractivity contribution is -0.132. The fourth-order valence-electron chi connectivity index (χ4n) is 2.68. The highest BCUT2D eigenvalue weighted by Crippen LogP contribution is 2.17. The maximum absolute atomic E-state index is 12.1. The van der Waals surface area contributed by atoms with E-state index >= 15 is 0 Å². The fourth-order valence-corrected chi connectivity index (χ4v) is 2.68. The van der Waals surface area contributed by atoms with E-state index in [0.717, 1.165) is 12.8 Å². The zero-order valence-corrected chi connectivity index (χ0v) is 12.1.